The van der Waals surface area contributed by atoms with Crippen molar-refractivity contribution in [3.05, 3.63) is 35.4 Å². The lowest BCUT2D eigenvalue weighted by atomic mass is 9.83. The van der Waals surface area contributed by atoms with Crippen LogP contribution in [0.3, 0.4) is 0 Å². The van der Waals surface area contributed by atoms with Gasteiger partial charge in [-0.1, -0.05) is 0 Å². The molecule has 2 aromatic carbocycles. The van der Waals surface area contributed by atoms with E-state index in [1.807, 2.05) is 12.1 Å². The van der Waals surface area contributed by atoms with E-state index in [1.165, 1.54) is 0 Å². The minimum absolute atomic E-state index is 0.0865. The monoisotopic (exact) mass is 373 g/mol. The number of fused-ring (bicyclic) bond motifs is 1. The van der Waals surface area contributed by atoms with Gasteiger partial charge in [-0.05, 0) is 17.7 Å². The maximum absolute atomic E-state index is 12.4. The number of ether oxygens (including phenoxy) is 5. The summed E-state index contributed by atoms with van der Waals surface area (Å²) in [6.07, 6.45) is 0.272. The number of amides is 1. The molecule has 1 atom stereocenters. The number of nitrogens with one attached hydrogen (secondary N) is 1. The third-order valence-corrected chi connectivity index (χ3v) is 4.71. The molecule has 1 aliphatic rings. The van der Waals surface area contributed by atoms with Gasteiger partial charge in [-0.2, -0.15) is 0 Å². The second-order valence-electron chi connectivity index (χ2n) is 6.05. The van der Waals surface area contributed by atoms with E-state index in [9.17, 15) is 4.79 Å². The summed E-state index contributed by atoms with van der Waals surface area (Å²) >= 11 is 0. The Morgan fingerprint density at radius 2 is 1.19 bits per heavy atom. The molecule has 0 aromatic heterocycles. The van der Waals surface area contributed by atoms with E-state index < -0.39 is 0 Å². The van der Waals surface area contributed by atoms with Gasteiger partial charge in [-0.15, -0.1) is 0 Å². The summed E-state index contributed by atoms with van der Waals surface area (Å²) in [5, 5.41) is 2.90. The lowest BCUT2D eigenvalue weighted by Crippen LogP contribution is -2.24. The second kappa shape index (κ2) is 7.65. The van der Waals surface area contributed by atoms with Gasteiger partial charge in [0.05, 0.1) is 35.5 Å². The molecule has 0 aliphatic carbocycles. The lowest BCUT2D eigenvalue weighted by Gasteiger charge is -2.28. The number of carbonyl (C=O) groups is 1. The average molecular weight is 373 g/mol. The second-order valence-corrected chi connectivity index (χ2v) is 6.05. The van der Waals surface area contributed by atoms with E-state index in [0.717, 1.165) is 11.1 Å². The van der Waals surface area contributed by atoms with Gasteiger partial charge < -0.3 is 29.0 Å². The molecule has 3 rings (SSSR count). The van der Waals surface area contributed by atoms with Crippen LogP contribution in [0.1, 0.15) is 23.5 Å². The smallest absolute Gasteiger partial charge is 0.225 e. The SMILES string of the molecule is COc1cc2c(cc1OC)[C@H](c1cc(OC)c(OC)cc1OC)CC(=O)N2. The number of benzene rings is 2. The zero-order chi connectivity index (χ0) is 19.6. The minimum atomic E-state index is -0.233. The summed E-state index contributed by atoms with van der Waals surface area (Å²) in [5.74, 6) is 2.58. The average Bonchev–Trinajstić information content (AvgIpc) is 2.70. The van der Waals surface area contributed by atoms with E-state index in [4.69, 9.17) is 23.7 Å². The van der Waals surface area contributed by atoms with Gasteiger partial charge in [-0.3, -0.25) is 4.79 Å². The quantitative estimate of drug-likeness (QED) is 0.838. The summed E-state index contributed by atoms with van der Waals surface area (Å²) in [6, 6.07) is 7.27. The Balaban J connectivity index is 2.20. The first-order valence-corrected chi connectivity index (χ1v) is 8.41. The molecule has 0 fully saturated rings. The van der Waals surface area contributed by atoms with Crippen LogP contribution < -0.4 is 29.0 Å². The fourth-order valence-corrected chi connectivity index (χ4v) is 3.39. The Kier molecular flexibility index (Phi) is 5.30. The highest BCUT2D eigenvalue weighted by molar-refractivity contribution is 5.96. The predicted octanol–water partition coefficient (Wildman–Crippen LogP) is 3.20. The fraction of sp³-hybridized carbons (Fsp3) is 0.350. The first-order valence-electron chi connectivity index (χ1n) is 8.41. The third-order valence-electron chi connectivity index (χ3n) is 4.71. The van der Waals surface area contributed by atoms with Gasteiger partial charge in [0.1, 0.15) is 5.75 Å². The van der Waals surface area contributed by atoms with Crippen molar-refractivity contribution >= 4 is 11.6 Å². The normalized spacial score (nSPS) is 15.4. The van der Waals surface area contributed by atoms with Crippen molar-refractivity contribution in [2.45, 2.75) is 12.3 Å². The number of anilines is 1. The molecule has 0 bridgehead atoms. The number of rotatable bonds is 6. The molecular formula is C20H23NO6. The molecule has 0 saturated heterocycles. The van der Waals surface area contributed by atoms with Crippen LogP contribution >= 0.6 is 0 Å². The van der Waals surface area contributed by atoms with Crippen LogP contribution in [-0.4, -0.2) is 41.5 Å². The molecule has 7 nitrogen and oxygen atoms in total. The van der Waals surface area contributed by atoms with Gasteiger partial charge in [0.2, 0.25) is 5.91 Å². The Morgan fingerprint density at radius 1 is 0.704 bits per heavy atom. The van der Waals surface area contributed by atoms with Crippen LogP contribution in [0.15, 0.2) is 24.3 Å². The predicted molar refractivity (Wildman–Crippen MR) is 101 cm³/mol. The van der Waals surface area contributed by atoms with Crippen molar-refractivity contribution in [2.24, 2.45) is 0 Å². The van der Waals surface area contributed by atoms with Crippen molar-refractivity contribution in [3.8, 4) is 28.7 Å². The van der Waals surface area contributed by atoms with Crippen molar-refractivity contribution in [1.82, 2.24) is 0 Å². The van der Waals surface area contributed by atoms with Gasteiger partial charge in [0.15, 0.2) is 23.0 Å². The number of hydrogen-bond donors (Lipinski definition) is 1. The molecule has 2 aromatic rings. The van der Waals surface area contributed by atoms with Gasteiger partial charge in [-0.25, -0.2) is 0 Å². The Bertz CT molecular complexity index is 864. The first-order chi connectivity index (χ1) is 13.1. The summed E-state index contributed by atoms with van der Waals surface area (Å²) in [7, 11) is 7.87. The molecule has 0 saturated carbocycles. The third kappa shape index (κ3) is 3.32. The van der Waals surface area contributed by atoms with E-state index in [0.29, 0.717) is 34.4 Å². The van der Waals surface area contributed by atoms with E-state index in [2.05, 4.69) is 5.32 Å². The molecule has 27 heavy (non-hydrogen) atoms. The fourth-order valence-electron chi connectivity index (χ4n) is 3.39. The molecular weight excluding hydrogens is 350 g/mol. The van der Waals surface area contributed by atoms with Crippen LogP contribution in [0, 0.1) is 0 Å². The molecule has 0 unspecified atom stereocenters. The van der Waals surface area contributed by atoms with Crippen LogP contribution in [0.5, 0.6) is 28.7 Å². The maximum atomic E-state index is 12.4. The Morgan fingerprint density at radius 3 is 1.74 bits per heavy atom. The van der Waals surface area contributed by atoms with E-state index >= 15 is 0 Å². The van der Waals surface area contributed by atoms with Crippen molar-refractivity contribution in [3.63, 3.8) is 0 Å². The summed E-state index contributed by atoms with van der Waals surface area (Å²) in [6.45, 7) is 0. The molecule has 1 N–H and O–H groups in total. The number of hydrogen-bond acceptors (Lipinski definition) is 6. The topological polar surface area (TPSA) is 75.2 Å². The van der Waals surface area contributed by atoms with E-state index in [1.54, 1.807) is 47.7 Å². The maximum Gasteiger partial charge on any atom is 0.225 e. The van der Waals surface area contributed by atoms with Crippen LogP contribution in [0.4, 0.5) is 5.69 Å². The van der Waals surface area contributed by atoms with Gasteiger partial charge in [0.25, 0.3) is 0 Å². The molecule has 0 radical (unpaired) electrons. The number of methoxy groups -OCH3 is 5. The lowest BCUT2D eigenvalue weighted by molar-refractivity contribution is -0.116. The molecule has 1 heterocycles. The van der Waals surface area contributed by atoms with Crippen molar-refractivity contribution in [1.29, 1.82) is 0 Å². The molecule has 7 heteroatoms. The highest BCUT2D eigenvalue weighted by Crippen LogP contribution is 2.47. The largest absolute Gasteiger partial charge is 0.496 e. The number of carbonyl (C=O) groups excluding carboxylic acids is 1. The van der Waals surface area contributed by atoms with Crippen molar-refractivity contribution in [2.75, 3.05) is 40.9 Å². The zero-order valence-electron chi connectivity index (χ0n) is 16.0. The Labute approximate surface area is 158 Å². The van der Waals surface area contributed by atoms with Crippen LogP contribution in [0.2, 0.25) is 0 Å². The van der Waals surface area contributed by atoms with Gasteiger partial charge >= 0.3 is 0 Å². The zero-order valence-corrected chi connectivity index (χ0v) is 16.0. The highest BCUT2D eigenvalue weighted by Gasteiger charge is 2.31. The standard InChI is InChI=1S/C20H23NO6/c1-23-15-10-19(27-5)17(25-3)7-13(15)11-8-20(22)21-14-9-18(26-4)16(24-2)6-12(11)14/h6-7,9-11H,8H2,1-5H3,(H,21,22)/t11-/m1/s1. The molecule has 1 amide bonds. The van der Waals surface area contributed by atoms with Gasteiger partial charge in [0, 0.05) is 35.7 Å². The van der Waals surface area contributed by atoms with Crippen LogP contribution in [0.25, 0.3) is 0 Å². The Hall–Kier alpha value is -3.09. The van der Waals surface area contributed by atoms with Crippen LogP contribution in [-0.2, 0) is 4.79 Å². The van der Waals surface area contributed by atoms with Crippen molar-refractivity contribution < 1.29 is 28.5 Å². The summed E-state index contributed by atoms with van der Waals surface area (Å²) in [5.41, 5.74) is 2.43. The summed E-state index contributed by atoms with van der Waals surface area (Å²) < 4.78 is 27.2. The first kappa shape index (κ1) is 18.7. The van der Waals surface area contributed by atoms with E-state index in [-0.39, 0.29) is 18.2 Å². The molecule has 1 aliphatic heterocycles. The molecule has 0 spiro atoms. The minimum Gasteiger partial charge on any atom is -0.496 e. The highest BCUT2D eigenvalue weighted by atomic mass is 16.5. The summed E-state index contributed by atoms with van der Waals surface area (Å²) in [4.78, 5) is 12.4. The molecule has 144 valence electrons.